The molecule has 2 N–H and O–H groups in total. The van der Waals surface area contributed by atoms with Crippen molar-refractivity contribution >= 4 is 5.91 Å². The van der Waals surface area contributed by atoms with Crippen molar-refractivity contribution in [3.05, 3.63) is 30.1 Å². The topological polar surface area (TPSA) is 54.0 Å². The molecule has 0 aliphatic rings. The van der Waals surface area contributed by atoms with Gasteiger partial charge in [0.15, 0.2) is 0 Å². The van der Waals surface area contributed by atoms with Gasteiger partial charge in [0.2, 0.25) is 5.91 Å². The molecular weight excluding hydrogens is 214 g/mol. The Morgan fingerprint density at radius 1 is 1.47 bits per heavy atom. The molecule has 2 unspecified atom stereocenters. The molecule has 1 heterocycles. The van der Waals surface area contributed by atoms with Crippen molar-refractivity contribution in [1.82, 2.24) is 15.6 Å². The molecule has 0 bridgehead atoms. The molecule has 0 fully saturated rings. The number of terminal acetylenes is 1. The van der Waals surface area contributed by atoms with Crippen LogP contribution in [0.15, 0.2) is 24.5 Å². The number of aromatic nitrogens is 1. The molecule has 1 amide bonds. The summed E-state index contributed by atoms with van der Waals surface area (Å²) in [6.07, 6.45) is 8.54. The fourth-order valence-electron chi connectivity index (χ4n) is 1.49. The van der Waals surface area contributed by atoms with Gasteiger partial charge < -0.3 is 5.32 Å². The molecule has 2 atom stereocenters. The Hall–Kier alpha value is -1.86. The monoisotopic (exact) mass is 231 g/mol. The van der Waals surface area contributed by atoms with E-state index in [4.69, 9.17) is 6.42 Å². The third-order valence-corrected chi connectivity index (χ3v) is 2.46. The van der Waals surface area contributed by atoms with Crippen LogP contribution in [-0.2, 0) is 4.79 Å². The Labute approximate surface area is 102 Å². The van der Waals surface area contributed by atoms with Crippen molar-refractivity contribution < 1.29 is 4.79 Å². The van der Waals surface area contributed by atoms with Gasteiger partial charge in [-0.05, 0) is 31.5 Å². The number of carbonyl (C=O) groups excluding carboxylic acids is 1. The largest absolute Gasteiger partial charge is 0.344 e. The van der Waals surface area contributed by atoms with Gasteiger partial charge >= 0.3 is 0 Å². The number of hydrogen-bond acceptors (Lipinski definition) is 3. The summed E-state index contributed by atoms with van der Waals surface area (Å²) in [6.45, 7) is 4.07. The van der Waals surface area contributed by atoms with Gasteiger partial charge in [-0.3, -0.25) is 15.1 Å². The van der Waals surface area contributed by atoms with E-state index in [2.05, 4.69) is 21.5 Å². The molecule has 0 aliphatic carbocycles. The highest BCUT2D eigenvalue weighted by atomic mass is 16.2. The van der Waals surface area contributed by atoms with Crippen LogP contribution < -0.4 is 10.6 Å². The number of pyridine rings is 1. The molecule has 4 heteroatoms. The number of rotatable bonds is 5. The first-order chi connectivity index (χ1) is 8.15. The fourth-order valence-corrected chi connectivity index (χ4v) is 1.49. The van der Waals surface area contributed by atoms with Crippen molar-refractivity contribution in [2.45, 2.75) is 25.9 Å². The lowest BCUT2D eigenvalue weighted by molar-refractivity contribution is -0.122. The third-order valence-electron chi connectivity index (χ3n) is 2.46. The van der Waals surface area contributed by atoms with E-state index in [-0.39, 0.29) is 24.5 Å². The lowest BCUT2D eigenvalue weighted by atomic mass is 10.1. The highest BCUT2D eigenvalue weighted by molar-refractivity contribution is 5.81. The summed E-state index contributed by atoms with van der Waals surface area (Å²) < 4.78 is 0. The van der Waals surface area contributed by atoms with Crippen LogP contribution in [0.1, 0.15) is 25.5 Å². The van der Waals surface area contributed by atoms with E-state index in [9.17, 15) is 4.79 Å². The van der Waals surface area contributed by atoms with Crippen LogP contribution in [0.5, 0.6) is 0 Å². The number of nitrogens with one attached hydrogen (secondary N) is 2. The van der Waals surface area contributed by atoms with Gasteiger partial charge in [0.1, 0.15) is 0 Å². The average molecular weight is 231 g/mol. The van der Waals surface area contributed by atoms with Crippen LogP contribution in [0.3, 0.4) is 0 Å². The quantitative estimate of drug-likeness (QED) is 0.739. The number of nitrogens with zero attached hydrogens (tertiary/aromatic N) is 1. The zero-order valence-electron chi connectivity index (χ0n) is 10.1. The third kappa shape index (κ3) is 4.25. The predicted molar refractivity (Wildman–Crippen MR) is 67.1 cm³/mol. The minimum Gasteiger partial charge on any atom is -0.344 e. The Balaban J connectivity index is 2.49. The standard InChI is InChI=1S/C13H17N3O/c1-4-7-15-13(17)11(3)16-10(2)12-5-8-14-9-6-12/h1,5-6,8-11,16H,7H2,2-3H3,(H,15,17). The van der Waals surface area contributed by atoms with E-state index in [1.165, 1.54) is 0 Å². The van der Waals surface area contributed by atoms with E-state index >= 15 is 0 Å². The van der Waals surface area contributed by atoms with Crippen molar-refractivity contribution in [2.75, 3.05) is 6.54 Å². The summed E-state index contributed by atoms with van der Waals surface area (Å²) in [6, 6.07) is 3.64. The van der Waals surface area contributed by atoms with Crippen molar-refractivity contribution in [2.24, 2.45) is 0 Å². The molecule has 0 aliphatic heterocycles. The zero-order chi connectivity index (χ0) is 12.7. The smallest absolute Gasteiger partial charge is 0.237 e. The molecule has 0 aromatic carbocycles. The predicted octanol–water partition coefficient (Wildman–Crippen LogP) is 0.870. The summed E-state index contributed by atoms with van der Waals surface area (Å²) in [5.41, 5.74) is 1.09. The molecular formula is C13H17N3O. The average Bonchev–Trinajstić information content (AvgIpc) is 2.36. The van der Waals surface area contributed by atoms with Gasteiger partial charge in [0.25, 0.3) is 0 Å². The first-order valence-electron chi connectivity index (χ1n) is 5.52. The summed E-state index contributed by atoms with van der Waals surface area (Å²) in [7, 11) is 0. The van der Waals surface area contributed by atoms with E-state index in [0.717, 1.165) is 5.56 Å². The van der Waals surface area contributed by atoms with Gasteiger partial charge in [-0.15, -0.1) is 6.42 Å². The lowest BCUT2D eigenvalue weighted by Gasteiger charge is -2.19. The normalized spacial score (nSPS) is 13.5. The first-order valence-corrected chi connectivity index (χ1v) is 5.52. The van der Waals surface area contributed by atoms with Gasteiger partial charge in [-0.2, -0.15) is 0 Å². The highest BCUT2D eigenvalue weighted by Gasteiger charge is 2.15. The maximum Gasteiger partial charge on any atom is 0.237 e. The molecule has 0 saturated heterocycles. The van der Waals surface area contributed by atoms with Crippen molar-refractivity contribution in [3.8, 4) is 12.3 Å². The second-order valence-corrected chi connectivity index (χ2v) is 3.81. The minimum absolute atomic E-state index is 0.0876. The van der Waals surface area contributed by atoms with E-state index < -0.39 is 0 Å². The molecule has 0 saturated carbocycles. The van der Waals surface area contributed by atoms with Crippen molar-refractivity contribution in [3.63, 3.8) is 0 Å². The second kappa shape index (κ2) is 6.66. The fraction of sp³-hybridized carbons (Fsp3) is 0.385. The summed E-state index contributed by atoms with van der Waals surface area (Å²) in [5.74, 6) is 2.28. The molecule has 0 radical (unpaired) electrons. The van der Waals surface area contributed by atoms with Crippen molar-refractivity contribution in [1.29, 1.82) is 0 Å². The highest BCUT2D eigenvalue weighted by Crippen LogP contribution is 2.10. The van der Waals surface area contributed by atoms with Crippen LogP contribution in [0.4, 0.5) is 0 Å². The Kier molecular flexibility index (Phi) is 5.18. The van der Waals surface area contributed by atoms with Crippen LogP contribution in [0.25, 0.3) is 0 Å². The van der Waals surface area contributed by atoms with Gasteiger partial charge in [0.05, 0.1) is 12.6 Å². The molecule has 4 nitrogen and oxygen atoms in total. The molecule has 1 rings (SSSR count). The Morgan fingerprint density at radius 2 is 2.12 bits per heavy atom. The number of hydrogen-bond donors (Lipinski definition) is 2. The van der Waals surface area contributed by atoms with E-state index in [1.54, 1.807) is 12.4 Å². The maximum absolute atomic E-state index is 11.6. The van der Waals surface area contributed by atoms with Crippen LogP contribution in [0, 0.1) is 12.3 Å². The minimum atomic E-state index is -0.286. The number of carbonyl (C=O) groups is 1. The van der Waals surface area contributed by atoms with E-state index in [1.807, 2.05) is 26.0 Å². The van der Waals surface area contributed by atoms with Crippen LogP contribution in [-0.4, -0.2) is 23.5 Å². The van der Waals surface area contributed by atoms with Crippen LogP contribution >= 0.6 is 0 Å². The summed E-state index contributed by atoms with van der Waals surface area (Å²) in [5, 5.41) is 5.84. The SMILES string of the molecule is C#CCNC(=O)C(C)NC(C)c1ccncc1. The van der Waals surface area contributed by atoms with E-state index in [0.29, 0.717) is 0 Å². The van der Waals surface area contributed by atoms with Gasteiger partial charge in [-0.25, -0.2) is 0 Å². The molecule has 1 aromatic heterocycles. The number of amides is 1. The maximum atomic E-state index is 11.6. The summed E-state index contributed by atoms with van der Waals surface area (Å²) in [4.78, 5) is 15.5. The molecule has 17 heavy (non-hydrogen) atoms. The van der Waals surface area contributed by atoms with Gasteiger partial charge in [0, 0.05) is 18.4 Å². The molecule has 90 valence electrons. The van der Waals surface area contributed by atoms with Gasteiger partial charge in [-0.1, -0.05) is 5.92 Å². The lowest BCUT2D eigenvalue weighted by Crippen LogP contribution is -2.43. The van der Waals surface area contributed by atoms with Crippen LogP contribution in [0.2, 0.25) is 0 Å². The zero-order valence-corrected chi connectivity index (χ0v) is 10.1. The Morgan fingerprint density at radius 3 is 2.71 bits per heavy atom. The second-order valence-electron chi connectivity index (χ2n) is 3.81. The summed E-state index contributed by atoms with van der Waals surface area (Å²) >= 11 is 0. The Bertz CT molecular complexity index is 397. The first kappa shape index (κ1) is 13.2. The molecule has 0 spiro atoms. The molecule has 1 aromatic rings.